The lowest BCUT2D eigenvalue weighted by Gasteiger charge is -2.33. The topological polar surface area (TPSA) is 61.4 Å². The summed E-state index contributed by atoms with van der Waals surface area (Å²) in [5, 5.41) is 3.27. The van der Waals surface area contributed by atoms with Gasteiger partial charge in [0.1, 0.15) is 11.6 Å². The Morgan fingerprint density at radius 1 is 1.29 bits per heavy atom. The van der Waals surface area contributed by atoms with Gasteiger partial charge in [-0.05, 0) is 26.3 Å². The lowest BCUT2D eigenvalue weighted by atomic mass is 10.1. The normalized spacial score (nSPS) is 24.1. The molecule has 0 radical (unpaired) electrons. The number of amides is 1. The standard InChI is InChI=1S/C15H21N5O/c1-10-17-13-9-20(15(21)11-3-4-16-7-11)8-12(13)14(18-10)19-5-2-6-19/h11,16H,2-9H2,1H3/t11-/m1/s1. The first kappa shape index (κ1) is 13.0. The summed E-state index contributed by atoms with van der Waals surface area (Å²) in [5.74, 6) is 2.28. The summed E-state index contributed by atoms with van der Waals surface area (Å²) in [5.41, 5.74) is 2.21. The molecule has 1 aromatic rings. The largest absolute Gasteiger partial charge is 0.356 e. The number of fused-ring (bicyclic) bond motifs is 1. The maximum atomic E-state index is 12.6. The Hall–Kier alpha value is -1.69. The summed E-state index contributed by atoms with van der Waals surface area (Å²) in [7, 11) is 0. The predicted octanol–water partition coefficient (Wildman–Crippen LogP) is 0.447. The molecule has 1 N–H and O–H groups in total. The molecular weight excluding hydrogens is 266 g/mol. The molecule has 1 amide bonds. The van der Waals surface area contributed by atoms with Gasteiger partial charge in [-0.2, -0.15) is 0 Å². The van der Waals surface area contributed by atoms with Crippen molar-refractivity contribution in [3.63, 3.8) is 0 Å². The van der Waals surface area contributed by atoms with E-state index in [4.69, 9.17) is 0 Å². The average molecular weight is 287 g/mol. The van der Waals surface area contributed by atoms with Gasteiger partial charge in [0.15, 0.2) is 0 Å². The van der Waals surface area contributed by atoms with Crippen molar-refractivity contribution < 1.29 is 4.79 Å². The van der Waals surface area contributed by atoms with Crippen molar-refractivity contribution in [2.75, 3.05) is 31.1 Å². The van der Waals surface area contributed by atoms with Crippen LogP contribution in [0.5, 0.6) is 0 Å². The van der Waals surface area contributed by atoms with Crippen LogP contribution < -0.4 is 10.2 Å². The first-order valence-corrected chi connectivity index (χ1v) is 7.83. The van der Waals surface area contributed by atoms with E-state index in [-0.39, 0.29) is 11.8 Å². The van der Waals surface area contributed by atoms with Gasteiger partial charge in [-0.3, -0.25) is 4.79 Å². The van der Waals surface area contributed by atoms with E-state index in [0.29, 0.717) is 13.1 Å². The molecule has 3 aliphatic heterocycles. The van der Waals surface area contributed by atoms with E-state index in [9.17, 15) is 4.79 Å². The Morgan fingerprint density at radius 2 is 2.14 bits per heavy atom. The van der Waals surface area contributed by atoms with Crippen molar-refractivity contribution in [2.45, 2.75) is 32.9 Å². The number of aromatic nitrogens is 2. The van der Waals surface area contributed by atoms with Gasteiger partial charge in [-0.25, -0.2) is 9.97 Å². The summed E-state index contributed by atoms with van der Waals surface area (Å²) in [6.45, 7) is 7.18. The summed E-state index contributed by atoms with van der Waals surface area (Å²) in [4.78, 5) is 26.0. The second-order valence-corrected chi connectivity index (χ2v) is 6.24. The molecule has 3 aliphatic rings. The smallest absolute Gasteiger partial charge is 0.227 e. The van der Waals surface area contributed by atoms with E-state index in [1.54, 1.807) is 0 Å². The van der Waals surface area contributed by atoms with Crippen molar-refractivity contribution in [1.82, 2.24) is 20.2 Å². The zero-order valence-corrected chi connectivity index (χ0v) is 12.4. The Kier molecular flexibility index (Phi) is 3.06. The first-order chi connectivity index (χ1) is 10.2. The minimum Gasteiger partial charge on any atom is -0.356 e. The zero-order chi connectivity index (χ0) is 14.4. The maximum absolute atomic E-state index is 12.6. The molecule has 112 valence electrons. The van der Waals surface area contributed by atoms with Crippen molar-refractivity contribution >= 4 is 11.7 Å². The molecular formula is C15H21N5O. The molecule has 21 heavy (non-hydrogen) atoms. The number of carbonyl (C=O) groups excluding carboxylic acids is 1. The quantitative estimate of drug-likeness (QED) is 0.855. The van der Waals surface area contributed by atoms with Crippen LogP contribution in [-0.4, -0.2) is 47.0 Å². The van der Waals surface area contributed by atoms with E-state index < -0.39 is 0 Å². The molecule has 4 heterocycles. The lowest BCUT2D eigenvalue weighted by molar-refractivity contribution is -0.135. The summed E-state index contributed by atoms with van der Waals surface area (Å²) in [6, 6.07) is 0. The van der Waals surface area contributed by atoms with Crippen LogP contribution in [0.2, 0.25) is 0 Å². The van der Waals surface area contributed by atoms with Crippen LogP contribution >= 0.6 is 0 Å². The molecule has 0 aliphatic carbocycles. The molecule has 1 aromatic heterocycles. The average Bonchev–Trinajstić information content (AvgIpc) is 3.04. The Balaban J connectivity index is 1.59. The molecule has 0 spiro atoms. The highest BCUT2D eigenvalue weighted by molar-refractivity contribution is 5.80. The van der Waals surface area contributed by atoms with Crippen LogP contribution in [0.1, 0.15) is 29.9 Å². The summed E-state index contributed by atoms with van der Waals surface area (Å²) < 4.78 is 0. The monoisotopic (exact) mass is 287 g/mol. The minimum absolute atomic E-state index is 0.140. The Morgan fingerprint density at radius 3 is 2.81 bits per heavy atom. The first-order valence-electron chi connectivity index (χ1n) is 7.83. The van der Waals surface area contributed by atoms with Gasteiger partial charge in [0.05, 0.1) is 24.7 Å². The molecule has 0 aromatic carbocycles. The van der Waals surface area contributed by atoms with E-state index in [0.717, 1.165) is 49.9 Å². The van der Waals surface area contributed by atoms with Gasteiger partial charge in [0, 0.05) is 25.2 Å². The van der Waals surface area contributed by atoms with Crippen molar-refractivity contribution in [2.24, 2.45) is 5.92 Å². The number of rotatable bonds is 2. The molecule has 6 heteroatoms. The summed E-state index contributed by atoms with van der Waals surface area (Å²) >= 11 is 0. The SMILES string of the molecule is Cc1nc2c(c(N3CCC3)n1)CN(C(=O)[C@@H]1CCNC1)C2. The van der Waals surface area contributed by atoms with Crippen LogP contribution in [0, 0.1) is 12.8 Å². The highest BCUT2D eigenvalue weighted by atomic mass is 16.2. The van der Waals surface area contributed by atoms with Gasteiger partial charge in [0.25, 0.3) is 0 Å². The highest BCUT2D eigenvalue weighted by Gasteiger charge is 2.34. The third kappa shape index (κ3) is 2.18. The Bertz CT molecular complexity index is 578. The van der Waals surface area contributed by atoms with E-state index in [1.165, 1.54) is 12.0 Å². The molecule has 2 fully saturated rings. The number of anilines is 1. The van der Waals surface area contributed by atoms with Crippen molar-refractivity contribution in [3.05, 3.63) is 17.1 Å². The van der Waals surface area contributed by atoms with Gasteiger partial charge in [0.2, 0.25) is 5.91 Å². The van der Waals surface area contributed by atoms with Gasteiger partial charge in [-0.15, -0.1) is 0 Å². The van der Waals surface area contributed by atoms with Crippen molar-refractivity contribution in [3.8, 4) is 0 Å². The molecule has 4 rings (SSSR count). The van der Waals surface area contributed by atoms with Crippen LogP contribution in [-0.2, 0) is 17.9 Å². The zero-order valence-electron chi connectivity index (χ0n) is 12.4. The molecule has 2 saturated heterocycles. The fourth-order valence-corrected chi connectivity index (χ4v) is 3.43. The fourth-order valence-electron chi connectivity index (χ4n) is 3.43. The predicted molar refractivity (Wildman–Crippen MR) is 78.8 cm³/mol. The summed E-state index contributed by atoms with van der Waals surface area (Å²) in [6.07, 6.45) is 2.18. The molecule has 6 nitrogen and oxygen atoms in total. The number of hydrogen-bond donors (Lipinski definition) is 1. The number of hydrogen-bond acceptors (Lipinski definition) is 5. The maximum Gasteiger partial charge on any atom is 0.227 e. The van der Waals surface area contributed by atoms with E-state index in [2.05, 4.69) is 20.2 Å². The second kappa shape index (κ2) is 4.94. The van der Waals surface area contributed by atoms with E-state index >= 15 is 0 Å². The van der Waals surface area contributed by atoms with Crippen LogP contribution in [0.4, 0.5) is 5.82 Å². The fraction of sp³-hybridized carbons (Fsp3) is 0.667. The lowest BCUT2D eigenvalue weighted by Crippen LogP contribution is -2.39. The number of nitrogens with zero attached hydrogens (tertiary/aromatic N) is 4. The molecule has 0 bridgehead atoms. The second-order valence-electron chi connectivity index (χ2n) is 6.24. The third-order valence-corrected chi connectivity index (χ3v) is 4.75. The van der Waals surface area contributed by atoms with Crippen molar-refractivity contribution in [1.29, 1.82) is 0 Å². The van der Waals surface area contributed by atoms with Crippen LogP contribution in [0.25, 0.3) is 0 Å². The van der Waals surface area contributed by atoms with Crippen LogP contribution in [0.15, 0.2) is 0 Å². The van der Waals surface area contributed by atoms with Crippen LogP contribution in [0.3, 0.4) is 0 Å². The van der Waals surface area contributed by atoms with Gasteiger partial charge >= 0.3 is 0 Å². The third-order valence-electron chi connectivity index (χ3n) is 4.75. The van der Waals surface area contributed by atoms with Gasteiger partial charge in [-0.1, -0.05) is 0 Å². The minimum atomic E-state index is 0.140. The molecule has 0 unspecified atom stereocenters. The van der Waals surface area contributed by atoms with E-state index in [1.807, 2.05) is 11.8 Å². The number of nitrogens with one attached hydrogen (secondary N) is 1. The number of carbonyl (C=O) groups is 1. The number of aryl methyl sites for hydroxylation is 1. The molecule has 1 atom stereocenters. The Labute approximate surface area is 124 Å². The van der Waals surface area contributed by atoms with Gasteiger partial charge < -0.3 is 15.1 Å². The highest BCUT2D eigenvalue weighted by Crippen LogP contribution is 2.32. The molecule has 0 saturated carbocycles.